The molecule has 190 valence electrons. The second kappa shape index (κ2) is 12.9. The van der Waals surface area contributed by atoms with Crippen molar-refractivity contribution in [1.29, 1.82) is 0 Å². The molecule has 36 heavy (non-hydrogen) atoms. The molecule has 2 heteroatoms. The van der Waals surface area contributed by atoms with Crippen molar-refractivity contribution in [2.75, 3.05) is 13.1 Å². The van der Waals surface area contributed by atoms with Gasteiger partial charge in [0.05, 0.1) is 0 Å². The summed E-state index contributed by atoms with van der Waals surface area (Å²) >= 11 is 0. The van der Waals surface area contributed by atoms with Crippen LogP contribution in [-0.2, 0) is 18.6 Å². The normalized spacial score (nSPS) is 14.5. The predicted molar refractivity (Wildman–Crippen MR) is 153 cm³/mol. The summed E-state index contributed by atoms with van der Waals surface area (Å²) in [5.74, 6) is 1.02. The minimum atomic E-state index is 0.136. The SMILES string of the molecule is CCCCCCC(C)(C)c1ccc(C2=CCCN(Cc3ccccc3)C2)c(OCc2ccccc2)c1. The highest BCUT2D eigenvalue weighted by atomic mass is 16.5. The van der Waals surface area contributed by atoms with Crippen molar-refractivity contribution in [3.63, 3.8) is 0 Å². The Morgan fingerprint density at radius 1 is 0.833 bits per heavy atom. The third-order valence-electron chi connectivity index (χ3n) is 7.48. The molecule has 0 atom stereocenters. The first-order valence-electron chi connectivity index (χ1n) is 13.8. The van der Waals surface area contributed by atoms with E-state index in [1.54, 1.807) is 0 Å². The summed E-state index contributed by atoms with van der Waals surface area (Å²) in [4.78, 5) is 2.55. The maximum atomic E-state index is 6.55. The maximum absolute atomic E-state index is 6.55. The van der Waals surface area contributed by atoms with Gasteiger partial charge in [0.15, 0.2) is 0 Å². The molecule has 4 rings (SSSR count). The number of ether oxygens (including phenoxy) is 1. The highest BCUT2D eigenvalue weighted by Crippen LogP contribution is 2.37. The van der Waals surface area contributed by atoms with Crippen LogP contribution in [-0.4, -0.2) is 18.0 Å². The quantitative estimate of drug-likeness (QED) is 0.240. The molecular weight excluding hydrogens is 438 g/mol. The minimum Gasteiger partial charge on any atom is -0.488 e. The smallest absolute Gasteiger partial charge is 0.127 e. The molecule has 0 N–H and O–H groups in total. The van der Waals surface area contributed by atoms with Crippen LogP contribution in [0.25, 0.3) is 5.57 Å². The first-order chi connectivity index (χ1) is 17.5. The van der Waals surface area contributed by atoms with Crippen LogP contribution in [0.1, 0.15) is 81.5 Å². The summed E-state index contributed by atoms with van der Waals surface area (Å²) in [6, 6.07) is 28.3. The van der Waals surface area contributed by atoms with E-state index in [4.69, 9.17) is 4.74 Å². The van der Waals surface area contributed by atoms with Gasteiger partial charge in [-0.15, -0.1) is 0 Å². The van der Waals surface area contributed by atoms with Crippen LogP contribution >= 0.6 is 0 Å². The first kappa shape index (κ1) is 26.2. The second-order valence-corrected chi connectivity index (χ2v) is 10.9. The largest absolute Gasteiger partial charge is 0.488 e. The second-order valence-electron chi connectivity index (χ2n) is 10.9. The van der Waals surface area contributed by atoms with Gasteiger partial charge < -0.3 is 4.74 Å². The molecule has 2 nitrogen and oxygen atoms in total. The molecule has 0 saturated carbocycles. The fourth-order valence-corrected chi connectivity index (χ4v) is 5.18. The van der Waals surface area contributed by atoms with Crippen LogP contribution < -0.4 is 4.74 Å². The molecular formula is C34H43NO. The van der Waals surface area contributed by atoms with Crippen molar-refractivity contribution in [3.05, 3.63) is 107 Å². The number of nitrogens with zero attached hydrogens (tertiary/aromatic N) is 1. The fraction of sp³-hybridized carbons (Fsp3) is 0.412. The lowest BCUT2D eigenvalue weighted by atomic mass is 9.79. The van der Waals surface area contributed by atoms with Crippen LogP contribution in [0.2, 0.25) is 0 Å². The van der Waals surface area contributed by atoms with Crippen molar-refractivity contribution in [2.24, 2.45) is 0 Å². The molecule has 0 bridgehead atoms. The Morgan fingerprint density at radius 2 is 1.56 bits per heavy atom. The molecule has 0 fully saturated rings. The molecule has 0 saturated heterocycles. The minimum absolute atomic E-state index is 0.136. The summed E-state index contributed by atoms with van der Waals surface area (Å²) in [6.07, 6.45) is 9.91. The molecule has 0 amide bonds. The monoisotopic (exact) mass is 481 g/mol. The Balaban J connectivity index is 1.55. The summed E-state index contributed by atoms with van der Waals surface area (Å²) in [5.41, 5.74) is 6.72. The van der Waals surface area contributed by atoms with E-state index in [1.807, 2.05) is 0 Å². The van der Waals surface area contributed by atoms with Gasteiger partial charge in [-0.3, -0.25) is 4.90 Å². The number of benzene rings is 3. The van der Waals surface area contributed by atoms with Gasteiger partial charge in [0.25, 0.3) is 0 Å². The molecule has 3 aromatic rings. The van der Waals surface area contributed by atoms with E-state index >= 15 is 0 Å². The third kappa shape index (κ3) is 7.34. The lowest BCUT2D eigenvalue weighted by molar-refractivity contribution is 0.291. The molecule has 0 aromatic heterocycles. The van der Waals surface area contributed by atoms with Crippen LogP contribution in [0.3, 0.4) is 0 Å². The van der Waals surface area contributed by atoms with Gasteiger partial charge in [0.1, 0.15) is 12.4 Å². The van der Waals surface area contributed by atoms with Crippen molar-refractivity contribution in [3.8, 4) is 5.75 Å². The lowest BCUT2D eigenvalue weighted by Gasteiger charge is -2.30. The van der Waals surface area contributed by atoms with E-state index in [1.165, 1.54) is 59.9 Å². The maximum Gasteiger partial charge on any atom is 0.127 e. The van der Waals surface area contributed by atoms with Gasteiger partial charge in [0, 0.05) is 25.2 Å². The van der Waals surface area contributed by atoms with Gasteiger partial charge in [0.2, 0.25) is 0 Å². The summed E-state index contributed by atoms with van der Waals surface area (Å²) in [5, 5.41) is 0. The van der Waals surface area contributed by atoms with E-state index in [0.29, 0.717) is 6.61 Å². The van der Waals surface area contributed by atoms with Gasteiger partial charge in [-0.2, -0.15) is 0 Å². The van der Waals surface area contributed by atoms with Crippen molar-refractivity contribution in [2.45, 2.75) is 77.9 Å². The number of unbranched alkanes of at least 4 members (excludes halogenated alkanes) is 3. The zero-order valence-electron chi connectivity index (χ0n) is 22.5. The molecule has 0 unspecified atom stereocenters. The summed E-state index contributed by atoms with van der Waals surface area (Å²) in [7, 11) is 0. The van der Waals surface area contributed by atoms with E-state index in [0.717, 1.165) is 31.8 Å². The molecule has 0 spiro atoms. The third-order valence-corrected chi connectivity index (χ3v) is 7.48. The predicted octanol–water partition coefficient (Wildman–Crippen LogP) is 8.80. The van der Waals surface area contributed by atoms with Crippen molar-refractivity contribution >= 4 is 5.57 Å². The highest BCUT2D eigenvalue weighted by Gasteiger charge is 2.24. The zero-order chi connectivity index (χ0) is 25.2. The molecule has 3 aromatic carbocycles. The average molecular weight is 482 g/mol. The molecule has 1 heterocycles. The van der Waals surface area contributed by atoms with E-state index in [9.17, 15) is 0 Å². The Kier molecular flexibility index (Phi) is 9.41. The highest BCUT2D eigenvalue weighted by molar-refractivity contribution is 5.73. The Labute approximate surface area is 219 Å². The Morgan fingerprint density at radius 3 is 2.28 bits per heavy atom. The number of hydrogen-bond donors (Lipinski definition) is 0. The number of hydrogen-bond acceptors (Lipinski definition) is 2. The topological polar surface area (TPSA) is 12.5 Å². The van der Waals surface area contributed by atoms with Crippen LogP contribution in [0.15, 0.2) is 84.9 Å². The van der Waals surface area contributed by atoms with Gasteiger partial charge in [-0.25, -0.2) is 0 Å². The lowest BCUT2D eigenvalue weighted by Crippen LogP contribution is -2.29. The molecule has 1 aliphatic heterocycles. The number of rotatable bonds is 12. The van der Waals surface area contributed by atoms with Gasteiger partial charge >= 0.3 is 0 Å². The Hall–Kier alpha value is -2.84. The standard InChI is InChI=1S/C34H43NO/c1-4-5-6-13-22-34(2,3)31-20-21-32(33(24-31)36-27-29-17-11-8-12-18-29)30-19-14-23-35(26-30)25-28-15-9-7-10-16-28/h7-12,15-21,24H,4-6,13-14,22-23,25-27H2,1-3H3. The van der Waals surface area contributed by atoms with Crippen LogP contribution in [0, 0.1) is 0 Å². The van der Waals surface area contributed by atoms with E-state index in [2.05, 4.69) is 111 Å². The van der Waals surface area contributed by atoms with Gasteiger partial charge in [-0.05, 0) is 46.6 Å². The molecule has 0 radical (unpaired) electrons. The fourth-order valence-electron chi connectivity index (χ4n) is 5.18. The van der Waals surface area contributed by atoms with E-state index in [-0.39, 0.29) is 5.41 Å². The molecule has 1 aliphatic rings. The van der Waals surface area contributed by atoms with Gasteiger partial charge in [-0.1, -0.05) is 125 Å². The molecule has 0 aliphatic carbocycles. The zero-order valence-corrected chi connectivity index (χ0v) is 22.5. The van der Waals surface area contributed by atoms with Crippen LogP contribution in [0.5, 0.6) is 5.75 Å². The average Bonchev–Trinajstić information content (AvgIpc) is 2.91. The summed E-state index contributed by atoms with van der Waals surface area (Å²) in [6.45, 7) is 10.7. The van der Waals surface area contributed by atoms with Crippen molar-refractivity contribution in [1.82, 2.24) is 4.90 Å². The summed E-state index contributed by atoms with van der Waals surface area (Å²) < 4.78 is 6.55. The van der Waals surface area contributed by atoms with Crippen molar-refractivity contribution < 1.29 is 4.74 Å². The first-order valence-corrected chi connectivity index (χ1v) is 13.8. The Bertz CT molecular complexity index is 1100. The van der Waals surface area contributed by atoms with E-state index < -0.39 is 0 Å². The van der Waals surface area contributed by atoms with Crippen LogP contribution in [0.4, 0.5) is 0 Å².